The normalized spacial score (nSPS) is 19.5. The number of likely N-dealkylation sites (tertiary alicyclic amines) is 1. The van der Waals surface area contributed by atoms with Gasteiger partial charge in [0.2, 0.25) is 5.91 Å². The summed E-state index contributed by atoms with van der Waals surface area (Å²) in [5.74, 6) is 0.166. The molecule has 2 rings (SSSR count). The Labute approximate surface area is 111 Å². The van der Waals surface area contributed by atoms with Gasteiger partial charge >= 0.3 is 0 Å². The first-order chi connectivity index (χ1) is 8.60. The molecule has 1 fully saturated rings. The van der Waals surface area contributed by atoms with E-state index in [2.05, 4.69) is 11.4 Å². The van der Waals surface area contributed by atoms with Crippen LogP contribution in [0.2, 0.25) is 5.02 Å². The van der Waals surface area contributed by atoms with Gasteiger partial charge in [-0.05, 0) is 24.6 Å². The SMILES string of the molecule is CN1CC(Nc2cc(Cl)ccc2C#N)CCC1=O. The molecule has 0 spiro atoms. The first-order valence-corrected chi connectivity index (χ1v) is 6.18. The van der Waals surface area contributed by atoms with E-state index < -0.39 is 0 Å². The van der Waals surface area contributed by atoms with Gasteiger partial charge in [-0.2, -0.15) is 5.26 Å². The molecule has 0 saturated carbocycles. The molecule has 1 aromatic rings. The number of rotatable bonds is 2. The van der Waals surface area contributed by atoms with Gasteiger partial charge in [0.05, 0.1) is 11.3 Å². The highest BCUT2D eigenvalue weighted by molar-refractivity contribution is 6.30. The summed E-state index contributed by atoms with van der Waals surface area (Å²) in [5, 5.41) is 12.9. The number of likely N-dealkylation sites (N-methyl/N-ethyl adjacent to an activating group) is 1. The Morgan fingerprint density at radius 3 is 3.00 bits per heavy atom. The van der Waals surface area contributed by atoms with Crippen molar-refractivity contribution in [3.63, 3.8) is 0 Å². The van der Waals surface area contributed by atoms with Crippen molar-refractivity contribution in [3.05, 3.63) is 28.8 Å². The third-order valence-corrected chi connectivity index (χ3v) is 3.32. The Bertz CT molecular complexity index is 509. The Kier molecular flexibility index (Phi) is 3.73. The number of nitriles is 1. The Morgan fingerprint density at radius 2 is 2.33 bits per heavy atom. The van der Waals surface area contributed by atoms with Gasteiger partial charge in [-0.15, -0.1) is 0 Å². The van der Waals surface area contributed by atoms with Gasteiger partial charge in [-0.25, -0.2) is 0 Å². The number of amides is 1. The fraction of sp³-hybridized carbons (Fsp3) is 0.385. The van der Waals surface area contributed by atoms with Crippen molar-refractivity contribution in [2.24, 2.45) is 0 Å². The molecule has 0 bridgehead atoms. The molecular weight excluding hydrogens is 250 g/mol. The molecule has 1 heterocycles. The van der Waals surface area contributed by atoms with Crippen molar-refractivity contribution >= 4 is 23.2 Å². The van der Waals surface area contributed by atoms with E-state index in [9.17, 15) is 4.79 Å². The molecule has 1 aliphatic rings. The van der Waals surface area contributed by atoms with Crippen LogP contribution in [0.25, 0.3) is 0 Å². The van der Waals surface area contributed by atoms with Crippen LogP contribution < -0.4 is 5.32 Å². The van der Waals surface area contributed by atoms with Crippen molar-refractivity contribution < 1.29 is 4.79 Å². The Morgan fingerprint density at radius 1 is 1.56 bits per heavy atom. The van der Waals surface area contributed by atoms with E-state index in [1.165, 1.54) is 0 Å². The van der Waals surface area contributed by atoms with E-state index >= 15 is 0 Å². The number of hydrogen-bond donors (Lipinski definition) is 1. The minimum atomic E-state index is 0.165. The van der Waals surface area contributed by atoms with E-state index in [0.717, 1.165) is 12.1 Å². The lowest BCUT2D eigenvalue weighted by Crippen LogP contribution is -2.43. The van der Waals surface area contributed by atoms with Crippen molar-refractivity contribution in [2.45, 2.75) is 18.9 Å². The number of hydrogen-bond acceptors (Lipinski definition) is 3. The molecule has 18 heavy (non-hydrogen) atoms. The summed E-state index contributed by atoms with van der Waals surface area (Å²) in [7, 11) is 1.79. The van der Waals surface area contributed by atoms with E-state index in [-0.39, 0.29) is 11.9 Å². The summed E-state index contributed by atoms with van der Waals surface area (Å²) in [4.78, 5) is 13.1. The van der Waals surface area contributed by atoms with Crippen molar-refractivity contribution in [2.75, 3.05) is 18.9 Å². The maximum absolute atomic E-state index is 11.4. The average molecular weight is 264 g/mol. The van der Waals surface area contributed by atoms with E-state index in [4.69, 9.17) is 16.9 Å². The molecule has 1 aromatic carbocycles. The predicted octanol–water partition coefficient (Wildman–Crippen LogP) is 2.24. The number of nitrogens with one attached hydrogen (secondary N) is 1. The lowest BCUT2D eigenvalue weighted by atomic mass is 10.0. The molecule has 1 N–H and O–H groups in total. The van der Waals surface area contributed by atoms with Gasteiger partial charge in [0, 0.05) is 31.1 Å². The van der Waals surface area contributed by atoms with Gasteiger partial charge in [0.25, 0.3) is 0 Å². The van der Waals surface area contributed by atoms with Crippen LogP contribution in [0.5, 0.6) is 0 Å². The largest absolute Gasteiger partial charge is 0.379 e. The number of carbonyl (C=O) groups is 1. The maximum Gasteiger partial charge on any atom is 0.222 e. The number of benzene rings is 1. The van der Waals surface area contributed by atoms with Crippen LogP contribution in [0.1, 0.15) is 18.4 Å². The molecule has 1 amide bonds. The van der Waals surface area contributed by atoms with E-state index in [1.54, 1.807) is 30.1 Å². The van der Waals surface area contributed by atoms with Gasteiger partial charge in [0.15, 0.2) is 0 Å². The summed E-state index contributed by atoms with van der Waals surface area (Å²) in [6, 6.07) is 7.44. The van der Waals surface area contributed by atoms with Crippen LogP contribution in [0.3, 0.4) is 0 Å². The second-order valence-corrected chi connectivity index (χ2v) is 4.89. The van der Waals surface area contributed by atoms with E-state index in [1.807, 2.05) is 0 Å². The molecule has 4 nitrogen and oxygen atoms in total. The molecule has 0 radical (unpaired) electrons. The van der Waals surface area contributed by atoms with Crippen LogP contribution in [0.15, 0.2) is 18.2 Å². The summed E-state index contributed by atoms with van der Waals surface area (Å²) in [6.45, 7) is 0.649. The van der Waals surface area contributed by atoms with Gasteiger partial charge in [0.1, 0.15) is 6.07 Å². The summed E-state index contributed by atoms with van der Waals surface area (Å²) < 4.78 is 0. The van der Waals surface area contributed by atoms with Gasteiger partial charge in [-0.1, -0.05) is 11.6 Å². The molecule has 5 heteroatoms. The minimum absolute atomic E-state index is 0.165. The van der Waals surface area contributed by atoms with Crippen LogP contribution in [0.4, 0.5) is 5.69 Å². The van der Waals surface area contributed by atoms with Crippen LogP contribution in [0, 0.1) is 11.3 Å². The predicted molar refractivity (Wildman–Crippen MR) is 70.4 cm³/mol. The molecule has 0 aliphatic carbocycles. The first-order valence-electron chi connectivity index (χ1n) is 5.80. The number of halogens is 1. The quantitative estimate of drug-likeness (QED) is 0.890. The van der Waals surface area contributed by atoms with Gasteiger partial charge in [-0.3, -0.25) is 4.79 Å². The van der Waals surface area contributed by atoms with Gasteiger partial charge < -0.3 is 10.2 Å². The summed E-state index contributed by atoms with van der Waals surface area (Å²) in [5.41, 5.74) is 1.30. The monoisotopic (exact) mass is 263 g/mol. The highest BCUT2D eigenvalue weighted by Crippen LogP contribution is 2.23. The standard InChI is InChI=1S/C13H14ClN3O/c1-17-8-11(4-5-13(17)18)16-12-6-10(14)3-2-9(12)7-15/h2-3,6,11,16H,4-5,8H2,1H3. The molecule has 1 atom stereocenters. The fourth-order valence-electron chi connectivity index (χ4n) is 2.08. The number of carbonyl (C=O) groups excluding carboxylic acids is 1. The highest BCUT2D eigenvalue weighted by Gasteiger charge is 2.23. The maximum atomic E-state index is 11.4. The summed E-state index contributed by atoms with van der Waals surface area (Å²) >= 11 is 5.93. The lowest BCUT2D eigenvalue weighted by molar-refractivity contribution is -0.132. The zero-order valence-electron chi connectivity index (χ0n) is 10.1. The zero-order valence-corrected chi connectivity index (χ0v) is 10.9. The highest BCUT2D eigenvalue weighted by atomic mass is 35.5. The first kappa shape index (κ1) is 12.7. The topological polar surface area (TPSA) is 56.1 Å². The Hall–Kier alpha value is -1.73. The van der Waals surface area contributed by atoms with Crippen molar-refractivity contribution in [3.8, 4) is 6.07 Å². The lowest BCUT2D eigenvalue weighted by Gasteiger charge is -2.31. The van der Waals surface area contributed by atoms with Crippen LogP contribution in [-0.2, 0) is 4.79 Å². The van der Waals surface area contributed by atoms with E-state index in [0.29, 0.717) is 23.6 Å². The molecule has 94 valence electrons. The van der Waals surface area contributed by atoms with Crippen molar-refractivity contribution in [1.82, 2.24) is 4.90 Å². The number of nitrogens with zero attached hydrogens (tertiary/aromatic N) is 2. The fourth-order valence-corrected chi connectivity index (χ4v) is 2.26. The summed E-state index contributed by atoms with van der Waals surface area (Å²) in [6.07, 6.45) is 1.32. The van der Waals surface area contributed by atoms with Crippen molar-refractivity contribution in [1.29, 1.82) is 5.26 Å². The number of anilines is 1. The molecule has 1 unspecified atom stereocenters. The average Bonchev–Trinajstić information content (AvgIpc) is 2.34. The number of piperidine rings is 1. The third-order valence-electron chi connectivity index (χ3n) is 3.09. The van der Waals surface area contributed by atoms with Crippen LogP contribution >= 0.6 is 11.6 Å². The molecular formula is C13H14ClN3O. The third kappa shape index (κ3) is 2.74. The molecule has 0 aromatic heterocycles. The molecule has 1 aliphatic heterocycles. The molecule has 1 saturated heterocycles. The second kappa shape index (κ2) is 5.28. The Balaban J connectivity index is 2.12. The second-order valence-electron chi connectivity index (χ2n) is 4.46. The van der Waals surface area contributed by atoms with Crippen LogP contribution in [-0.4, -0.2) is 30.4 Å². The zero-order chi connectivity index (χ0) is 13.1. The smallest absolute Gasteiger partial charge is 0.222 e. The minimum Gasteiger partial charge on any atom is -0.379 e.